The van der Waals surface area contributed by atoms with Crippen molar-refractivity contribution >= 4 is 11.8 Å². The average Bonchev–Trinajstić information content (AvgIpc) is 2.79. The third kappa shape index (κ3) is 2.39. The Morgan fingerprint density at radius 3 is 2.55 bits per heavy atom. The molecule has 0 aliphatic rings. The molecule has 5 heteroatoms. The van der Waals surface area contributed by atoms with Gasteiger partial charge in [0.1, 0.15) is 0 Å². The molecule has 106 valence electrons. The number of hydrogen-bond donors (Lipinski definition) is 1. The van der Waals surface area contributed by atoms with E-state index in [1.54, 1.807) is 6.20 Å². The summed E-state index contributed by atoms with van der Waals surface area (Å²) < 4.78 is 5.72. The molecule has 0 saturated heterocycles. The summed E-state index contributed by atoms with van der Waals surface area (Å²) >= 11 is 0. The van der Waals surface area contributed by atoms with E-state index in [0.717, 1.165) is 29.9 Å². The van der Waals surface area contributed by atoms with Gasteiger partial charge in [-0.2, -0.15) is 0 Å². The number of amides is 1. The summed E-state index contributed by atoms with van der Waals surface area (Å²) in [5, 5.41) is 0. The first-order valence-electron chi connectivity index (χ1n) is 6.69. The van der Waals surface area contributed by atoms with Crippen LogP contribution in [0.1, 0.15) is 30.0 Å². The maximum absolute atomic E-state index is 11.5. The molecule has 0 aromatic carbocycles. The van der Waals surface area contributed by atoms with Crippen LogP contribution in [-0.2, 0) is 0 Å². The highest BCUT2D eigenvalue weighted by atomic mass is 16.4. The summed E-state index contributed by atoms with van der Waals surface area (Å²) in [6.45, 7) is 7.46. The Morgan fingerprint density at radius 2 is 2.05 bits per heavy atom. The fourth-order valence-corrected chi connectivity index (χ4v) is 2.28. The summed E-state index contributed by atoms with van der Waals surface area (Å²) in [5.41, 5.74) is 7.74. The van der Waals surface area contributed by atoms with Gasteiger partial charge in [0.25, 0.3) is 5.91 Å². The number of carbonyl (C=O) groups is 1. The number of carbonyl (C=O) groups excluding carboxylic acids is 1. The Morgan fingerprint density at radius 1 is 1.35 bits per heavy atom. The molecule has 2 heterocycles. The summed E-state index contributed by atoms with van der Waals surface area (Å²) in [5.74, 6) is 0.297. The first kappa shape index (κ1) is 14.1. The second-order valence-corrected chi connectivity index (χ2v) is 4.49. The van der Waals surface area contributed by atoms with Crippen LogP contribution in [0.25, 0.3) is 11.3 Å². The van der Waals surface area contributed by atoms with Crippen LogP contribution in [0.5, 0.6) is 0 Å². The highest BCUT2D eigenvalue weighted by Crippen LogP contribution is 2.37. The smallest absolute Gasteiger partial charge is 0.284 e. The molecule has 5 nitrogen and oxygen atoms in total. The van der Waals surface area contributed by atoms with Crippen molar-refractivity contribution in [3.8, 4) is 11.3 Å². The van der Waals surface area contributed by atoms with Crippen molar-refractivity contribution in [1.29, 1.82) is 0 Å². The summed E-state index contributed by atoms with van der Waals surface area (Å²) in [4.78, 5) is 17.9. The molecule has 0 atom stereocenters. The van der Waals surface area contributed by atoms with Crippen LogP contribution in [-0.4, -0.2) is 24.0 Å². The number of hydrogen-bond acceptors (Lipinski definition) is 4. The molecule has 2 N–H and O–H groups in total. The Hall–Kier alpha value is -2.30. The molecule has 2 aromatic rings. The molecule has 0 saturated carbocycles. The predicted octanol–water partition coefficient (Wildman–Crippen LogP) is 2.60. The van der Waals surface area contributed by atoms with E-state index in [4.69, 9.17) is 10.2 Å². The fourth-order valence-electron chi connectivity index (χ4n) is 2.28. The lowest BCUT2D eigenvalue weighted by molar-refractivity contribution is 0.0973. The minimum atomic E-state index is -0.557. The molecule has 20 heavy (non-hydrogen) atoms. The van der Waals surface area contributed by atoms with Gasteiger partial charge < -0.3 is 15.1 Å². The largest absolute Gasteiger partial charge is 0.434 e. The van der Waals surface area contributed by atoms with Gasteiger partial charge in [-0.05, 0) is 32.9 Å². The van der Waals surface area contributed by atoms with Crippen LogP contribution in [0, 0.1) is 6.92 Å². The third-order valence-electron chi connectivity index (χ3n) is 3.32. The number of aromatic nitrogens is 1. The van der Waals surface area contributed by atoms with E-state index in [1.807, 2.05) is 43.9 Å². The molecule has 0 bridgehead atoms. The van der Waals surface area contributed by atoms with Crippen molar-refractivity contribution in [2.24, 2.45) is 5.73 Å². The molecular weight excluding hydrogens is 254 g/mol. The fraction of sp³-hybridized carbons (Fsp3) is 0.333. The van der Waals surface area contributed by atoms with E-state index < -0.39 is 5.91 Å². The lowest BCUT2D eigenvalue weighted by Crippen LogP contribution is -2.22. The minimum absolute atomic E-state index is 0.201. The van der Waals surface area contributed by atoms with Crippen LogP contribution >= 0.6 is 0 Å². The van der Waals surface area contributed by atoms with E-state index in [0.29, 0.717) is 5.88 Å². The maximum atomic E-state index is 11.5. The third-order valence-corrected chi connectivity index (χ3v) is 3.32. The van der Waals surface area contributed by atoms with E-state index in [-0.39, 0.29) is 5.76 Å². The number of nitrogens with two attached hydrogens (primary N) is 1. The Balaban J connectivity index is 2.67. The van der Waals surface area contributed by atoms with Crippen molar-refractivity contribution in [3.05, 3.63) is 35.7 Å². The number of furan rings is 1. The molecule has 0 radical (unpaired) electrons. The van der Waals surface area contributed by atoms with Crippen molar-refractivity contribution < 1.29 is 9.21 Å². The average molecular weight is 273 g/mol. The van der Waals surface area contributed by atoms with Gasteiger partial charge in [-0.25, -0.2) is 0 Å². The molecular formula is C15H19N3O2. The zero-order valence-corrected chi connectivity index (χ0v) is 12.0. The lowest BCUT2D eigenvalue weighted by atomic mass is 10.1. The number of anilines is 1. The first-order valence-corrected chi connectivity index (χ1v) is 6.69. The van der Waals surface area contributed by atoms with Crippen LogP contribution < -0.4 is 10.6 Å². The van der Waals surface area contributed by atoms with Crippen LogP contribution in [0.3, 0.4) is 0 Å². The first-order chi connectivity index (χ1) is 9.60. The Labute approximate surface area is 118 Å². The summed E-state index contributed by atoms with van der Waals surface area (Å²) in [6.07, 6.45) is 1.72. The molecule has 2 rings (SSSR count). The standard InChI is InChI=1S/C15H19N3O2/c1-4-18(5-2)15-12(11-8-6-7-9-17-11)10(3)13(20-15)14(16)19/h6-9H,4-5H2,1-3H3,(H2,16,19). The number of primary amides is 1. The summed E-state index contributed by atoms with van der Waals surface area (Å²) in [7, 11) is 0. The van der Waals surface area contributed by atoms with Crippen molar-refractivity contribution in [2.45, 2.75) is 20.8 Å². The van der Waals surface area contributed by atoms with Crippen LogP contribution in [0.2, 0.25) is 0 Å². The van der Waals surface area contributed by atoms with Gasteiger partial charge >= 0.3 is 0 Å². The summed E-state index contributed by atoms with van der Waals surface area (Å²) in [6, 6.07) is 5.66. The molecule has 0 fully saturated rings. The van der Waals surface area contributed by atoms with Gasteiger partial charge in [0.2, 0.25) is 5.88 Å². The zero-order chi connectivity index (χ0) is 14.7. The van der Waals surface area contributed by atoms with E-state index in [1.165, 1.54) is 0 Å². The quantitative estimate of drug-likeness (QED) is 0.908. The molecule has 2 aromatic heterocycles. The normalized spacial score (nSPS) is 10.6. The molecule has 1 amide bonds. The van der Waals surface area contributed by atoms with Gasteiger partial charge in [0.05, 0.1) is 11.3 Å². The minimum Gasteiger partial charge on any atom is -0.434 e. The Kier molecular flexibility index (Phi) is 4.08. The van der Waals surface area contributed by atoms with Crippen molar-refractivity contribution in [1.82, 2.24) is 4.98 Å². The van der Waals surface area contributed by atoms with Gasteiger partial charge in [0.15, 0.2) is 5.76 Å². The van der Waals surface area contributed by atoms with Crippen LogP contribution in [0.4, 0.5) is 5.88 Å². The molecule has 0 aliphatic heterocycles. The highest BCUT2D eigenvalue weighted by molar-refractivity contribution is 5.95. The topological polar surface area (TPSA) is 72.4 Å². The maximum Gasteiger partial charge on any atom is 0.284 e. The number of rotatable bonds is 5. The number of pyridine rings is 1. The molecule has 0 unspecified atom stereocenters. The number of nitrogens with zero attached hydrogens (tertiary/aromatic N) is 2. The van der Waals surface area contributed by atoms with Gasteiger partial charge in [0, 0.05) is 24.8 Å². The second-order valence-electron chi connectivity index (χ2n) is 4.49. The van der Waals surface area contributed by atoms with E-state index >= 15 is 0 Å². The van der Waals surface area contributed by atoms with Gasteiger partial charge in [-0.15, -0.1) is 0 Å². The SMILES string of the molecule is CCN(CC)c1oc(C(N)=O)c(C)c1-c1ccccn1. The second kappa shape index (κ2) is 5.77. The highest BCUT2D eigenvalue weighted by Gasteiger charge is 2.24. The van der Waals surface area contributed by atoms with Crippen molar-refractivity contribution in [2.75, 3.05) is 18.0 Å². The van der Waals surface area contributed by atoms with Crippen LogP contribution in [0.15, 0.2) is 28.8 Å². The van der Waals surface area contributed by atoms with E-state index in [2.05, 4.69) is 4.98 Å². The monoisotopic (exact) mass is 273 g/mol. The zero-order valence-electron chi connectivity index (χ0n) is 12.0. The molecule has 0 aliphatic carbocycles. The van der Waals surface area contributed by atoms with Gasteiger partial charge in [-0.1, -0.05) is 6.07 Å². The Bertz CT molecular complexity index is 601. The van der Waals surface area contributed by atoms with E-state index in [9.17, 15) is 4.79 Å². The van der Waals surface area contributed by atoms with Gasteiger partial charge in [-0.3, -0.25) is 9.78 Å². The predicted molar refractivity (Wildman–Crippen MR) is 78.8 cm³/mol. The van der Waals surface area contributed by atoms with Crippen molar-refractivity contribution in [3.63, 3.8) is 0 Å². The lowest BCUT2D eigenvalue weighted by Gasteiger charge is -2.19. The molecule has 0 spiro atoms.